The Labute approximate surface area is 261 Å². The van der Waals surface area contributed by atoms with Crippen LogP contribution in [0.25, 0.3) is 10.8 Å². The lowest BCUT2D eigenvalue weighted by molar-refractivity contribution is -0.140. The number of halogens is 2. The minimum atomic E-state index is -0.804. The quantitative estimate of drug-likeness (QED) is 0.217. The lowest BCUT2D eigenvalue weighted by Gasteiger charge is -2.34. The molecular weight excluding hydrogens is 581 g/mol. The summed E-state index contributed by atoms with van der Waals surface area (Å²) < 4.78 is 0. The van der Waals surface area contributed by atoms with E-state index in [0.29, 0.717) is 27.7 Å². The fraction of sp³-hybridized carbons (Fsp3) is 0.286. The van der Waals surface area contributed by atoms with Crippen LogP contribution in [0.15, 0.2) is 84.9 Å². The van der Waals surface area contributed by atoms with Crippen LogP contribution in [0.2, 0.25) is 10.0 Å². The summed E-state index contributed by atoms with van der Waals surface area (Å²) in [6.45, 7) is -0.0690. The molecule has 1 N–H and O–H groups in total. The van der Waals surface area contributed by atoms with Gasteiger partial charge in [-0.1, -0.05) is 103 Å². The van der Waals surface area contributed by atoms with E-state index >= 15 is 0 Å². The van der Waals surface area contributed by atoms with Crippen LogP contribution < -0.4 is 10.2 Å². The maximum Gasteiger partial charge on any atom is 0.259 e. The van der Waals surface area contributed by atoms with E-state index in [1.165, 1.54) is 11.3 Å². The molecule has 2 aliphatic rings. The summed E-state index contributed by atoms with van der Waals surface area (Å²) in [5.41, 5.74) is 2.96. The van der Waals surface area contributed by atoms with E-state index in [0.717, 1.165) is 47.6 Å². The summed E-state index contributed by atoms with van der Waals surface area (Å²) in [5.74, 6) is -0.743. The van der Waals surface area contributed by atoms with E-state index in [9.17, 15) is 14.4 Å². The Morgan fingerprint density at radius 3 is 2.35 bits per heavy atom. The zero-order valence-corrected chi connectivity index (χ0v) is 25.3. The minimum absolute atomic E-state index is 0.0775. The molecule has 0 bridgehead atoms. The molecule has 43 heavy (non-hydrogen) atoms. The third-order valence-corrected chi connectivity index (χ3v) is 9.24. The average molecular weight is 615 g/mol. The Morgan fingerprint density at radius 2 is 1.60 bits per heavy atom. The van der Waals surface area contributed by atoms with Gasteiger partial charge >= 0.3 is 0 Å². The van der Waals surface area contributed by atoms with E-state index in [-0.39, 0.29) is 36.9 Å². The van der Waals surface area contributed by atoms with E-state index < -0.39 is 6.04 Å². The molecule has 1 fully saturated rings. The molecule has 6 nitrogen and oxygen atoms in total. The van der Waals surface area contributed by atoms with Crippen LogP contribution in [0.4, 0.5) is 5.69 Å². The van der Waals surface area contributed by atoms with Gasteiger partial charge in [0.1, 0.15) is 12.6 Å². The van der Waals surface area contributed by atoms with Crippen molar-refractivity contribution in [2.24, 2.45) is 0 Å². The number of carbonyl (C=O) groups is 3. The van der Waals surface area contributed by atoms with Crippen molar-refractivity contribution in [2.75, 3.05) is 11.4 Å². The van der Waals surface area contributed by atoms with Gasteiger partial charge in [0.2, 0.25) is 11.8 Å². The topological polar surface area (TPSA) is 69.7 Å². The number of hydrogen-bond acceptors (Lipinski definition) is 3. The van der Waals surface area contributed by atoms with Gasteiger partial charge in [-0.15, -0.1) is 0 Å². The second-order valence-electron chi connectivity index (χ2n) is 11.4. The smallest absolute Gasteiger partial charge is 0.259 e. The van der Waals surface area contributed by atoms with Gasteiger partial charge in [-0.25, -0.2) is 0 Å². The molecule has 1 atom stereocenters. The van der Waals surface area contributed by atoms with Crippen LogP contribution in [0.3, 0.4) is 0 Å². The summed E-state index contributed by atoms with van der Waals surface area (Å²) >= 11 is 12.6. The lowest BCUT2D eigenvalue weighted by Crippen LogP contribution is -2.54. The average Bonchev–Trinajstić information content (AvgIpc) is 3.29. The highest BCUT2D eigenvalue weighted by molar-refractivity contribution is 6.42. The number of rotatable bonds is 9. The molecule has 1 saturated carbocycles. The van der Waals surface area contributed by atoms with Crippen LogP contribution in [-0.2, 0) is 22.6 Å². The van der Waals surface area contributed by atoms with E-state index in [4.69, 9.17) is 23.2 Å². The Morgan fingerprint density at radius 1 is 0.860 bits per heavy atom. The SMILES string of the molecule is O=C(NC1CCCCC1)[C@@H](Cc1ccccc1)N(Cc1ccc(Cl)c(Cl)c1)C(=O)CN1C(=O)c2cccc3cccc1c23. The van der Waals surface area contributed by atoms with E-state index in [1.807, 2.05) is 66.7 Å². The van der Waals surface area contributed by atoms with Crippen molar-refractivity contribution in [2.45, 2.75) is 57.2 Å². The van der Waals surface area contributed by atoms with E-state index in [1.54, 1.807) is 23.1 Å². The molecule has 0 unspecified atom stereocenters. The first-order chi connectivity index (χ1) is 20.9. The molecule has 3 amide bonds. The van der Waals surface area contributed by atoms with Crippen molar-refractivity contribution < 1.29 is 14.4 Å². The number of amides is 3. The Hall–Kier alpha value is -3.87. The van der Waals surface area contributed by atoms with Crippen molar-refractivity contribution in [1.82, 2.24) is 10.2 Å². The zero-order valence-electron chi connectivity index (χ0n) is 23.8. The first kappa shape index (κ1) is 29.2. The van der Waals surface area contributed by atoms with Crippen LogP contribution >= 0.6 is 23.2 Å². The predicted octanol–water partition coefficient (Wildman–Crippen LogP) is 7.20. The fourth-order valence-corrected chi connectivity index (χ4v) is 6.62. The molecule has 220 valence electrons. The second-order valence-corrected chi connectivity index (χ2v) is 12.2. The van der Waals surface area contributed by atoms with Gasteiger partial charge < -0.3 is 10.2 Å². The van der Waals surface area contributed by atoms with Gasteiger partial charge in [0.05, 0.1) is 15.7 Å². The maximum absolute atomic E-state index is 14.4. The molecule has 0 saturated heterocycles. The molecular formula is C35H33Cl2N3O3. The second kappa shape index (κ2) is 12.8. The number of nitrogens with one attached hydrogen (secondary N) is 1. The molecule has 0 radical (unpaired) electrons. The van der Waals surface area contributed by atoms with Crippen LogP contribution in [0, 0.1) is 0 Å². The van der Waals surface area contributed by atoms with Crippen LogP contribution in [-0.4, -0.2) is 41.2 Å². The van der Waals surface area contributed by atoms with Crippen molar-refractivity contribution in [1.29, 1.82) is 0 Å². The third kappa shape index (κ3) is 6.27. The van der Waals surface area contributed by atoms with Gasteiger partial charge in [-0.3, -0.25) is 19.3 Å². The van der Waals surface area contributed by atoms with Crippen LogP contribution in [0.5, 0.6) is 0 Å². The van der Waals surface area contributed by atoms with E-state index in [2.05, 4.69) is 5.32 Å². The Balaban J connectivity index is 1.35. The lowest BCUT2D eigenvalue weighted by atomic mass is 9.94. The van der Waals surface area contributed by atoms with Gasteiger partial charge in [0.15, 0.2) is 0 Å². The number of benzene rings is 4. The minimum Gasteiger partial charge on any atom is -0.352 e. The fourth-order valence-electron chi connectivity index (χ4n) is 6.30. The van der Waals surface area contributed by atoms with Gasteiger partial charge in [-0.2, -0.15) is 0 Å². The summed E-state index contributed by atoms with van der Waals surface area (Å²) in [7, 11) is 0. The summed E-state index contributed by atoms with van der Waals surface area (Å²) in [4.78, 5) is 45.2. The zero-order chi connectivity index (χ0) is 29.9. The van der Waals surface area contributed by atoms with Crippen molar-refractivity contribution in [3.05, 3.63) is 112 Å². The third-order valence-electron chi connectivity index (χ3n) is 8.50. The highest BCUT2D eigenvalue weighted by atomic mass is 35.5. The summed E-state index contributed by atoms with van der Waals surface area (Å²) in [6, 6.07) is 25.5. The Bertz CT molecular complexity index is 1660. The predicted molar refractivity (Wildman–Crippen MR) is 172 cm³/mol. The number of anilines is 1. The summed E-state index contributed by atoms with van der Waals surface area (Å²) in [5, 5.41) is 5.82. The molecule has 1 aliphatic heterocycles. The van der Waals surface area contributed by atoms with Crippen molar-refractivity contribution in [3.8, 4) is 0 Å². The van der Waals surface area contributed by atoms with Gasteiger partial charge in [0, 0.05) is 30.0 Å². The largest absolute Gasteiger partial charge is 0.352 e. The number of hydrogen-bond donors (Lipinski definition) is 1. The molecule has 4 aromatic rings. The van der Waals surface area contributed by atoms with Crippen molar-refractivity contribution >= 4 is 57.4 Å². The van der Waals surface area contributed by atoms with Crippen molar-refractivity contribution in [3.63, 3.8) is 0 Å². The highest BCUT2D eigenvalue weighted by Gasteiger charge is 2.36. The monoisotopic (exact) mass is 613 g/mol. The molecule has 1 heterocycles. The molecule has 4 aromatic carbocycles. The standard InChI is InChI=1S/C35H33Cl2N3O3/c36-28-18-17-24(19-29(28)37)21-39(31(20-23-9-3-1-4-10-23)34(42)38-26-13-5-2-6-14-26)32(41)22-40-30-16-8-12-25-11-7-15-27(33(25)30)35(40)43/h1,3-4,7-12,15-19,26,31H,2,5-6,13-14,20-22H2,(H,38,42)/t31-/m1/s1. The first-order valence-corrected chi connectivity index (χ1v) is 15.6. The molecule has 8 heteroatoms. The molecule has 0 spiro atoms. The first-order valence-electron chi connectivity index (χ1n) is 14.8. The maximum atomic E-state index is 14.4. The molecule has 6 rings (SSSR count). The van der Waals surface area contributed by atoms with Gasteiger partial charge in [0.25, 0.3) is 5.91 Å². The normalized spacial score (nSPS) is 15.5. The number of carbonyl (C=O) groups excluding carboxylic acids is 3. The van der Waals surface area contributed by atoms with Gasteiger partial charge in [-0.05, 0) is 53.6 Å². The van der Waals surface area contributed by atoms with Crippen LogP contribution in [0.1, 0.15) is 53.6 Å². The number of nitrogens with zero attached hydrogens (tertiary/aromatic N) is 2. The summed E-state index contributed by atoms with van der Waals surface area (Å²) in [6.07, 6.45) is 5.49. The Kier molecular flexibility index (Phi) is 8.68. The molecule has 1 aliphatic carbocycles. The molecule has 0 aromatic heterocycles. The highest BCUT2D eigenvalue weighted by Crippen LogP contribution is 2.37.